The van der Waals surface area contributed by atoms with Gasteiger partial charge in [-0.3, -0.25) is 0 Å². The number of rotatable bonds is 3. The van der Waals surface area contributed by atoms with Gasteiger partial charge in [-0.2, -0.15) is 0 Å². The molecule has 1 fully saturated rings. The molecule has 1 saturated heterocycles. The zero-order valence-corrected chi connectivity index (χ0v) is 13.9. The van der Waals surface area contributed by atoms with Gasteiger partial charge in [0, 0.05) is 18.0 Å². The molecule has 0 amide bonds. The van der Waals surface area contributed by atoms with Crippen LogP contribution in [-0.2, 0) is 5.41 Å². The summed E-state index contributed by atoms with van der Waals surface area (Å²) in [6.45, 7) is 0.973. The molecular weight excluding hydrogens is 290 g/mol. The van der Waals surface area contributed by atoms with Crippen LogP contribution in [0.1, 0.15) is 35.6 Å². The van der Waals surface area contributed by atoms with Crippen LogP contribution in [-0.4, -0.2) is 6.54 Å². The molecule has 1 heteroatoms. The maximum Gasteiger partial charge on any atom is 0.0328 e. The van der Waals surface area contributed by atoms with Gasteiger partial charge in [0.25, 0.3) is 0 Å². The van der Waals surface area contributed by atoms with Crippen molar-refractivity contribution in [2.75, 3.05) is 6.54 Å². The molecule has 0 spiro atoms. The van der Waals surface area contributed by atoms with Crippen molar-refractivity contribution in [3.05, 3.63) is 108 Å². The fourth-order valence-corrected chi connectivity index (χ4v) is 4.02. The third kappa shape index (κ3) is 2.76. The van der Waals surface area contributed by atoms with E-state index in [9.17, 15) is 0 Å². The Balaban J connectivity index is 1.67. The van der Waals surface area contributed by atoms with Gasteiger partial charge in [-0.15, -0.1) is 0 Å². The molecular formula is C23H23N. The Morgan fingerprint density at radius 1 is 0.667 bits per heavy atom. The van der Waals surface area contributed by atoms with E-state index in [2.05, 4.69) is 96.3 Å². The summed E-state index contributed by atoms with van der Waals surface area (Å²) in [5, 5.41) is 3.82. The fourth-order valence-electron chi connectivity index (χ4n) is 4.02. The first-order valence-corrected chi connectivity index (χ1v) is 8.78. The van der Waals surface area contributed by atoms with E-state index < -0.39 is 0 Å². The number of nitrogens with one attached hydrogen (secondary N) is 1. The van der Waals surface area contributed by atoms with Gasteiger partial charge in [0.15, 0.2) is 0 Å². The summed E-state index contributed by atoms with van der Waals surface area (Å²) >= 11 is 0. The van der Waals surface area contributed by atoms with Crippen molar-refractivity contribution >= 4 is 0 Å². The third-order valence-electron chi connectivity index (χ3n) is 5.36. The lowest BCUT2D eigenvalue weighted by Gasteiger charge is -2.42. The lowest BCUT2D eigenvalue weighted by molar-refractivity contribution is 0.304. The molecule has 0 unspecified atom stereocenters. The maximum absolute atomic E-state index is 3.82. The van der Waals surface area contributed by atoms with Gasteiger partial charge >= 0.3 is 0 Å². The van der Waals surface area contributed by atoms with Crippen molar-refractivity contribution in [1.29, 1.82) is 0 Å². The van der Waals surface area contributed by atoms with Crippen LogP contribution in [0.4, 0.5) is 0 Å². The fraction of sp³-hybridized carbons (Fsp3) is 0.217. The number of benzene rings is 3. The molecule has 3 aromatic rings. The Hall–Kier alpha value is -2.38. The molecule has 1 N–H and O–H groups in total. The van der Waals surface area contributed by atoms with Gasteiger partial charge in [0.05, 0.1) is 0 Å². The Morgan fingerprint density at radius 3 is 1.62 bits per heavy atom. The first-order valence-electron chi connectivity index (χ1n) is 8.78. The first-order chi connectivity index (χ1) is 11.9. The quantitative estimate of drug-likeness (QED) is 0.709. The SMILES string of the molecule is c1ccc([C@H]2CCC(c3ccccc3)(c3ccccc3)CN2)cc1. The van der Waals surface area contributed by atoms with Crippen LogP contribution in [0.15, 0.2) is 91.0 Å². The summed E-state index contributed by atoms with van der Waals surface area (Å²) in [6.07, 6.45) is 2.31. The molecule has 0 radical (unpaired) electrons. The Labute approximate surface area is 144 Å². The summed E-state index contributed by atoms with van der Waals surface area (Å²) in [5.74, 6) is 0. The molecule has 120 valence electrons. The molecule has 1 aliphatic rings. The summed E-state index contributed by atoms with van der Waals surface area (Å²) in [6, 6.07) is 33.2. The van der Waals surface area contributed by atoms with E-state index in [1.165, 1.54) is 16.7 Å². The lowest BCUT2D eigenvalue weighted by Crippen LogP contribution is -2.45. The zero-order chi connectivity index (χ0) is 16.2. The zero-order valence-electron chi connectivity index (χ0n) is 13.9. The molecule has 0 bridgehead atoms. The highest BCUT2D eigenvalue weighted by atomic mass is 14.9. The van der Waals surface area contributed by atoms with E-state index >= 15 is 0 Å². The van der Waals surface area contributed by atoms with Crippen LogP contribution in [0.25, 0.3) is 0 Å². The summed E-state index contributed by atoms with van der Waals surface area (Å²) in [4.78, 5) is 0. The molecule has 0 aromatic heterocycles. The van der Waals surface area contributed by atoms with Gasteiger partial charge < -0.3 is 5.32 Å². The van der Waals surface area contributed by atoms with Crippen LogP contribution < -0.4 is 5.32 Å². The molecule has 4 rings (SSSR count). The van der Waals surface area contributed by atoms with E-state index in [-0.39, 0.29) is 5.41 Å². The van der Waals surface area contributed by atoms with Crippen molar-refractivity contribution in [3.63, 3.8) is 0 Å². The molecule has 3 aromatic carbocycles. The van der Waals surface area contributed by atoms with E-state index in [1.807, 2.05) is 0 Å². The second kappa shape index (κ2) is 6.62. The Morgan fingerprint density at radius 2 is 1.17 bits per heavy atom. The first kappa shape index (κ1) is 15.2. The minimum Gasteiger partial charge on any atom is -0.309 e. The molecule has 1 nitrogen and oxygen atoms in total. The second-order valence-electron chi connectivity index (χ2n) is 6.70. The van der Waals surface area contributed by atoms with E-state index in [0.717, 1.165) is 19.4 Å². The molecule has 1 atom stereocenters. The smallest absolute Gasteiger partial charge is 0.0328 e. The van der Waals surface area contributed by atoms with Gasteiger partial charge in [0.1, 0.15) is 0 Å². The predicted octanol–water partition coefficient (Wildman–Crippen LogP) is 5.10. The van der Waals surface area contributed by atoms with Crippen molar-refractivity contribution < 1.29 is 0 Å². The van der Waals surface area contributed by atoms with Gasteiger partial charge in [-0.05, 0) is 29.5 Å². The topological polar surface area (TPSA) is 12.0 Å². The molecule has 1 heterocycles. The Bertz CT molecular complexity index is 715. The second-order valence-corrected chi connectivity index (χ2v) is 6.70. The van der Waals surface area contributed by atoms with Crippen LogP contribution in [0.2, 0.25) is 0 Å². The monoisotopic (exact) mass is 313 g/mol. The Kier molecular flexibility index (Phi) is 4.18. The lowest BCUT2D eigenvalue weighted by atomic mass is 9.68. The number of hydrogen-bond donors (Lipinski definition) is 1. The largest absolute Gasteiger partial charge is 0.309 e. The molecule has 0 saturated carbocycles. The van der Waals surface area contributed by atoms with Crippen molar-refractivity contribution in [2.24, 2.45) is 0 Å². The van der Waals surface area contributed by atoms with E-state index in [4.69, 9.17) is 0 Å². The summed E-state index contributed by atoms with van der Waals surface area (Å²) in [5.41, 5.74) is 4.28. The van der Waals surface area contributed by atoms with Gasteiger partial charge in [-0.25, -0.2) is 0 Å². The minimum atomic E-state index is 0.0633. The van der Waals surface area contributed by atoms with E-state index in [1.54, 1.807) is 0 Å². The van der Waals surface area contributed by atoms with E-state index in [0.29, 0.717) is 6.04 Å². The third-order valence-corrected chi connectivity index (χ3v) is 5.36. The summed E-state index contributed by atoms with van der Waals surface area (Å²) in [7, 11) is 0. The van der Waals surface area contributed by atoms with Crippen LogP contribution in [0, 0.1) is 0 Å². The molecule has 24 heavy (non-hydrogen) atoms. The van der Waals surface area contributed by atoms with Crippen LogP contribution in [0.3, 0.4) is 0 Å². The average Bonchev–Trinajstić information content (AvgIpc) is 2.70. The maximum atomic E-state index is 3.82. The standard InChI is InChI=1S/C23H23N/c1-4-10-19(11-5-1)22-16-17-23(18-24-22,20-12-6-2-7-13-20)21-14-8-3-9-15-21/h1-15,22,24H,16-18H2/t22-/m1/s1. The predicted molar refractivity (Wildman–Crippen MR) is 100 cm³/mol. The molecule has 1 aliphatic heterocycles. The van der Waals surface area contributed by atoms with Crippen LogP contribution in [0.5, 0.6) is 0 Å². The number of hydrogen-bond acceptors (Lipinski definition) is 1. The normalized spacial score (nSPS) is 19.8. The van der Waals surface area contributed by atoms with Crippen molar-refractivity contribution in [2.45, 2.75) is 24.3 Å². The van der Waals surface area contributed by atoms with Gasteiger partial charge in [0.2, 0.25) is 0 Å². The minimum absolute atomic E-state index is 0.0633. The highest BCUT2D eigenvalue weighted by Gasteiger charge is 2.38. The van der Waals surface area contributed by atoms with Gasteiger partial charge in [-0.1, -0.05) is 91.0 Å². The van der Waals surface area contributed by atoms with Crippen molar-refractivity contribution in [1.82, 2.24) is 5.32 Å². The summed E-state index contributed by atoms with van der Waals surface area (Å²) < 4.78 is 0. The highest BCUT2D eigenvalue weighted by Crippen LogP contribution is 2.41. The number of piperidine rings is 1. The van der Waals surface area contributed by atoms with Crippen molar-refractivity contribution in [3.8, 4) is 0 Å². The highest BCUT2D eigenvalue weighted by molar-refractivity contribution is 5.41. The molecule has 0 aliphatic carbocycles. The van der Waals surface area contributed by atoms with Crippen LogP contribution >= 0.6 is 0 Å². The average molecular weight is 313 g/mol.